The molecule has 0 atom stereocenters. The van der Waals surface area contributed by atoms with Crippen LogP contribution in [0.3, 0.4) is 0 Å². The predicted octanol–water partition coefficient (Wildman–Crippen LogP) is 1.60. The number of benzene rings is 1. The number of carbonyl (C=O) groups excluding carboxylic acids is 1. The number of phenolic OH excluding ortho intramolecular Hbond substituents is 1. The normalized spacial score (nSPS) is 13.6. The van der Waals surface area contributed by atoms with Gasteiger partial charge in [0.05, 0.1) is 13.2 Å². The number of phenols is 1. The molecule has 0 aliphatic carbocycles. The van der Waals surface area contributed by atoms with Gasteiger partial charge in [0.2, 0.25) is 0 Å². The SMILES string of the molecule is O=C(O)CCCOc1cc(O)c2c(c1)OCCC2=O. The molecule has 1 aromatic rings. The highest BCUT2D eigenvalue weighted by atomic mass is 16.5. The summed E-state index contributed by atoms with van der Waals surface area (Å²) in [6, 6.07) is 2.87. The van der Waals surface area contributed by atoms with Crippen LogP contribution in [0.25, 0.3) is 0 Å². The average molecular weight is 266 g/mol. The van der Waals surface area contributed by atoms with E-state index in [1.807, 2.05) is 0 Å². The Hall–Kier alpha value is -2.24. The van der Waals surface area contributed by atoms with Gasteiger partial charge in [-0.3, -0.25) is 9.59 Å². The van der Waals surface area contributed by atoms with Crippen LogP contribution in [-0.4, -0.2) is 35.2 Å². The topological polar surface area (TPSA) is 93.1 Å². The summed E-state index contributed by atoms with van der Waals surface area (Å²) >= 11 is 0. The van der Waals surface area contributed by atoms with Crippen molar-refractivity contribution in [3.63, 3.8) is 0 Å². The largest absolute Gasteiger partial charge is 0.507 e. The zero-order valence-electron chi connectivity index (χ0n) is 10.2. The molecule has 0 amide bonds. The maximum absolute atomic E-state index is 11.6. The lowest BCUT2D eigenvalue weighted by Gasteiger charge is -2.18. The fraction of sp³-hybridized carbons (Fsp3) is 0.385. The summed E-state index contributed by atoms with van der Waals surface area (Å²) in [4.78, 5) is 21.9. The van der Waals surface area contributed by atoms with Crippen LogP contribution in [0.5, 0.6) is 17.2 Å². The summed E-state index contributed by atoms with van der Waals surface area (Å²) in [5, 5.41) is 18.3. The number of Topliss-reactive ketones (excluding diaryl/α,β-unsaturated/α-hetero) is 1. The number of aliphatic carboxylic acids is 1. The molecule has 0 spiro atoms. The molecule has 0 saturated carbocycles. The molecule has 6 heteroatoms. The zero-order chi connectivity index (χ0) is 13.8. The lowest BCUT2D eigenvalue weighted by molar-refractivity contribution is -0.137. The van der Waals surface area contributed by atoms with Gasteiger partial charge in [-0.25, -0.2) is 0 Å². The first-order valence-corrected chi connectivity index (χ1v) is 5.95. The van der Waals surface area contributed by atoms with E-state index in [4.69, 9.17) is 14.6 Å². The number of hydrogen-bond acceptors (Lipinski definition) is 5. The number of rotatable bonds is 5. The van der Waals surface area contributed by atoms with Crippen molar-refractivity contribution in [1.29, 1.82) is 0 Å². The molecule has 0 aromatic heterocycles. The fourth-order valence-corrected chi connectivity index (χ4v) is 1.85. The molecule has 19 heavy (non-hydrogen) atoms. The van der Waals surface area contributed by atoms with Gasteiger partial charge in [0.1, 0.15) is 22.8 Å². The number of fused-ring (bicyclic) bond motifs is 1. The summed E-state index contributed by atoms with van der Waals surface area (Å²) in [5.41, 5.74) is 0.184. The molecule has 0 fully saturated rings. The van der Waals surface area contributed by atoms with Crippen molar-refractivity contribution in [2.45, 2.75) is 19.3 Å². The Labute approximate surface area is 109 Å². The maximum Gasteiger partial charge on any atom is 0.303 e. The standard InChI is InChI=1S/C13H14O6/c14-9-3-5-19-11-7-8(6-10(15)13(9)11)18-4-1-2-12(16)17/h6-7,15H,1-5H2,(H,16,17). The summed E-state index contributed by atoms with van der Waals surface area (Å²) in [5.74, 6) is -0.543. The highest BCUT2D eigenvalue weighted by Crippen LogP contribution is 2.36. The van der Waals surface area contributed by atoms with Crippen LogP contribution in [0.2, 0.25) is 0 Å². The van der Waals surface area contributed by atoms with Crippen LogP contribution in [0.15, 0.2) is 12.1 Å². The van der Waals surface area contributed by atoms with Gasteiger partial charge in [-0.2, -0.15) is 0 Å². The molecule has 1 aliphatic heterocycles. The predicted molar refractivity (Wildman–Crippen MR) is 64.9 cm³/mol. The molecular formula is C13H14O6. The molecule has 2 N–H and O–H groups in total. The van der Waals surface area contributed by atoms with Crippen molar-refractivity contribution in [1.82, 2.24) is 0 Å². The van der Waals surface area contributed by atoms with Gasteiger partial charge in [0, 0.05) is 25.0 Å². The van der Waals surface area contributed by atoms with Crippen LogP contribution in [0, 0.1) is 0 Å². The number of hydrogen-bond donors (Lipinski definition) is 2. The molecular weight excluding hydrogens is 252 g/mol. The minimum atomic E-state index is -0.884. The molecule has 0 unspecified atom stereocenters. The van der Waals surface area contributed by atoms with Gasteiger partial charge < -0.3 is 19.7 Å². The Balaban J connectivity index is 2.05. The lowest BCUT2D eigenvalue weighted by Crippen LogP contribution is -2.15. The quantitative estimate of drug-likeness (QED) is 0.786. The molecule has 1 heterocycles. The molecule has 0 bridgehead atoms. The number of ether oxygens (including phenoxy) is 2. The Bertz CT molecular complexity index is 508. The monoisotopic (exact) mass is 266 g/mol. The summed E-state index contributed by atoms with van der Waals surface area (Å²) in [6.07, 6.45) is 0.637. The van der Waals surface area contributed by atoms with E-state index in [1.54, 1.807) is 0 Å². The van der Waals surface area contributed by atoms with Crippen LogP contribution < -0.4 is 9.47 Å². The molecule has 2 rings (SSSR count). The van der Waals surface area contributed by atoms with Crippen LogP contribution in [0.4, 0.5) is 0 Å². The maximum atomic E-state index is 11.6. The summed E-state index contributed by atoms with van der Waals surface area (Å²) in [7, 11) is 0. The van der Waals surface area contributed by atoms with Crippen LogP contribution >= 0.6 is 0 Å². The van der Waals surface area contributed by atoms with Gasteiger partial charge >= 0.3 is 5.97 Å². The number of carboxylic acid groups (broad SMARTS) is 1. The van der Waals surface area contributed by atoms with Gasteiger partial charge in [-0.05, 0) is 6.42 Å². The van der Waals surface area contributed by atoms with Crippen LogP contribution in [-0.2, 0) is 4.79 Å². The van der Waals surface area contributed by atoms with E-state index in [0.29, 0.717) is 17.9 Å². The average Bonchev–Trinajstić information content (AvgIpc) is 2.34. The first-order valence-electron chi connectivity index (χ1n) is 5.95. The highest BCUT2D eigenvalue weighted by Gasteiger charge is 2.23. The third-order valence-electron chi connectivity index (χ3n) is 2.72. The Morgan fingerprint density at radius 1 is 1.42 bits per heavy atom. The zero-order valence-corrected chi connectivity index (χ0v) is 10.2. The van der Waals surface area contributed by atoms with Gasteiger partial charge in [0.25, 0.3) is 0 Å². The molecule has 1 aliphatic rings. The van der Waals surface area contributed by atoms with E-state index in [2.05, 4.69) is 0 Å². The van der Waals surface area contributed by atoms with Gasteiger partial charge in [-0.1, -0.05) is 0 Å². The lowest BCUT2D eigenvalue weighted by atomic mass is 10.0. The number of carbonyl (C=O) groups is 2. The second kappa shape index (κ2) is 5.60. The Kier molecular flexibility index (Phi) is 3.89. The number of ketones is 1. The Morgan fingerprint density at radius 3 is 2.95 bits per heavy atom. The van der Waals surface area contributed by atoms with E-state index in [1.165, 1.54) is 12.1 Å². The number of carboxylic acids is 1. The smallest absolute Gasteiger partial charge is 0.303 e. The van der Waals surface area contributed by atoms with Crippen molar-refractivity contribution < 1.29 is 29.3 Å². The first kappa shape index (κ1) is 13.2. The third kappa shape index (κ3) is 3.15. The molecule has 0 radical (unpaired) electrons. The fourth-order valence-electron chi connectivity index (χ4n) is 1.85. The van der Waals surface area contributed by atoms with Crippen molar-refractivity contribution in [3.05, 3.63) is 17.7 Å². The van der Waals surface area contributed by atoms with E-state index >= 15 is 0 Å². The Morgan fingerprint density at radius 2 is 2.21 bits per heavy atom. The summed E-state index contributed by atoms with van der Waals surface area (Å²) in [6.45, 7) is 0.506. The minimum absolute atomic E-state index is 0.0198. The minimum Gasteiger partial charge on any atom is -0.507 e. The molecule has 0 saturated heterocycles. The van der Waals surface area contributed by atoms with Crippen molar-refractivity contribution >= 4 is 11.8 Å². The molecule has 1 aromatic carbocycles. The number of aromatic hydroxyl groups is 1. The second-order valence-corrected chi connectivity index (χ2v) is 4.18. The third-order valence-corrected chi connectivity index (χ3v) is 2.72. The van der Waals surface area contributed by atoms with E-state index in [9.17, 15) is 14.7 Å². The molecule has 6 nitrogen and oxygen atoms in total. The van der Waals surface area contributed by atoms with Gasteiger partial charge in [0.15, 0.2) is 5.78 Å². The van der Waals surface area contributed by atoms with Crippen molar-refractivity contribution in [2.75, 3.05) is 13.2 Å². The first-order chi connectivity index (χ1) is 9.08. The van der Waals surface area contributed by atoms with E-state index in [-0.39, 0.29) is 43.2 Å². The van der Waals surface area contributed by atoms with Crippen molar-refractivity contribution in [2.24, 2.45) is 0 Å². The van der Waals surface area contributed by atoms with E-state index in [0.717, 1.165) is 0 Å². The van der Waals surface area contributed by atoms with Gasteiger partial charge in [-0.15, -0.1) is 0 Å². The van der Waals surface area contributed by atoms with Crippen LogP contribution in [0.1, 0.15) is 29.6 Å². The second-order valence-electron chi connectivity index (χ2n) is 4.18. The van der Waals surface area contributed by atoms with E-state index < -0.39 is 5.97 Å². The highest BCUT2D eigenvalue weighted by molar-refractivity contribution is 6.02. The summed E-state index contributed by atoms with van der Waals surface area (Å²) < 4.78 is 10.6. The molecule has 102 valence electrons. The van der Waals surface area contributed by atoms with Crippen molar-refractivity contribution in [3.8, 4) is 17.2 Å².